The van der Waals surface area contributed by atoms with Crippen molar-refractivity contribution in [3.8, 4) is 0 Å². The second-order valence-corrected chi connectivity index (χ2v) is 4.30. The van der Waals surface area contributed by atoms with E-state index in [4.69, 9.17) is 5.73 Å². The van der Waals surface area contributed by atoms with Gasteiger partial charge in [0.1, 0.15) is 5.69 Å². The van der Waals surface area contributed by atoms with Crippen molar-refractivity contribution in [1.29, 1.82) is 0 Å². The van der Waals surface area contributed by atoms with Gasteiger partial charge in [0.05, 0.1) is 11.7 Å². The number of hydrogen-bond donors (Lipinski definition) is 4. The number of nitrogens with two attached hydrogens (primary N) is 1. The van der Waals surface area contributed by atoms with Crippen LogP contribution in [0.25, 0.3) is 0 Å². The van der Waals surface area contributed by atoms with Gasteiger partial charge < -0.3 is 21.1 Å². The van der Waals surface area contributed by atoms with E-state index in [1.807, 2.05) is 18.2 Å². The van der Waals surface area contributed by atoms with Crippen LogP contribution in [0.5, 0.6) is 0 Å². The van der Waals surface area contributed by atoms with E-state index in [2.05, 4.69) is 10.3 Å². The standard InChI is InChI=1S/C14H15N3O3/c15-13(19)11-6-10(7-16-11)14(20)17-8-12(18)9-4-2-1-3-5-9/h1-7,12,16,18H,8H2,(H2,15,19)(H,17,20). The average molecular weight is 273 g/mol. The lowest BCUT2D eigenvalue weighted by Gasteiger charge is -2.11. The fourth-order valence-corrected chi connectivity index (χ4v) is 1.75. The third-order valence-corrected chi connectivity index (χ3v) is 2.85. The quantitative estimate of drug-likeness (QED) is 0.639. The van der Waals surface area contributed by atoms with Gasteiger partial charge in [-0.1, -0.05) is 30.3 Å². The Kier molecular flexibility index (Phi) is 4.17. The molecule has 0 aliphatic heterocycles. The summed E-state index contributed by atoms with van der Waals surface area (Å²) in [6, 6.07) is 10.4. The van der Waals surface area contributed by atoms with Crippen LogP contribution in [0, 0.1) is 0 Å². The van der Waals surface area contributed by atoms with Gasteiger partial charge in [-0.3, -0.25) is 9.59 Å². The first kappa shape index (κ1) is 13.8. The van der Waals surface area contributed by atoms with Crippen LogP contribution in [-0.4, -0.2) is 28.4 Å². The van der Waals surface area contributed by atoms with E-state index in [9.17, 15) is 14.7 Å². The predicted octanol–water partition coefficient (Wildman–Crippen LogP) is 0.577. The number of hydrogen-bond acceptors (Lipinski definition) is 3. The molecule has 1 aromatic heterocycles. The smallest absolute Gasteiger partial charge is 0.265 e. The second kappa shape index (κ2) is 6.03. The molecule has 6 heteroatoms. The number of amides is 2. The molecule has 1 atom stereocenters. The molecule has 0 aliphatic rings. The van der Waals surface area contributed by atoms with Crippen LogP contribution < -0.4 is 11.1 Å². The molecule has 0 aliphatic carbocycles. The van der Waals surface area contributed by atoms with E-state index in [-0.39, 0.29) is 18.1 Å². The molecule has 0 bridgehead atoms. The molecule has 0 saturated heterocycles. The predicted molar refractivity (Wildman–Crippen MR) is 73.0 cm³/mol. The minimum Gasteiger partial charge on any atom is -0.387 e. The van der Waals surface area contributed by atoms with Crippen molar-refractivity contribution in [3.63, 3.8) is 0 Å². The monoisotopic (exact) mass is 273 g/mol. The average Bonchev–Trinajstić information content (AvgIpc) is 2.95. The first-order valence-corrected chi connectivity index (χ1v) is 6.07. The summed E-state index contributed by atoms with van der Waals surface area (Å²) < 4.78 is 0. The molecule has 1 unspecified atom stereocenters. The number of primary amides is 1. The Bertz CT molecular complexity index is 607. The van der Waals surface area contributed by atoms with Crippen LogP contribution in [0.4, 0.5) is 0 Å². The number of H-pyrrole nitrogens is 1. The van der Waals surface area contributed by atoms with Crippen LogP contribution in [0.1, 0.15) is 32.5 Å². The Morgan fingerprint density at radius 3 is 2.60 bits per heavy atom. The maximum atomic E-state index is 11.8. The van der Waals surface area contributed by atoms with Gasteiger partial charge in [-0.05, 0) is 11.6 Å². The Morgan fingerprint density at radius 1 is 1.30 bits per heavy atom. The van der Waals surface area contributed by atoms with Crippen LogP contribution in [0.15, 0.2) is 42.6 Å². The lowest BCUT2D eigenvalue weighted by molar-refractivity contribution is 0.0916. The highest BCUT2D eigenvalue weighted by molar-refractivity contribution is 5.98. The Morgan fingerprint density at radius 2 is 2.00 bits per heavy atom. The second-order valence-electron chi connectivity index (χ2n) is 4.30. The van der Waals surface area contributed by atoms with Gasteiger partial charge in [0.2, 0.25) is 0 Å². The Balaban J connectivity index is 1.93. The van der Waals surface area contributed by atoms with Gasteiger partial charge in [0.15, 0.2) is 0 Å². The summed E-state index contributed by atoms with van der Waals surface area (Å²) in [6.45, 7) is 0.0833. The van der Waals surface area contributed by atoms with Crippen molar-refractivity contribution < 1.29 is 14.7 Å². The van der Waals surface area contributed by atoms with Gasteiger partial charge in [-0.2, -0.15) is 0 Å². The summed E-state index contributed by atoms with van der Waals surface area (Å²) in [5, 5.41) is 12.5. The maximum Gasteiger partial charge on any atom is 0.265 e. The molecule has 0 fully saturated rings. The lowest BCUT2D eigenvalue weighted by atomic mass is 10.1. The van der Waals surface area contributed by atoms with Crippen molar-refractivity contribution >= 4 is 11.8 Å². The van der Waals surface area contributed by atoms with Crippen molar-refractivity contribution in [2.75, 3.05) is 6.54 Å². The molecule has 20 heavy (non-hydrogen) atoms. The molecule has 1 heterocycles. The molecule has 1 aromatic carbocycles. The number of aliphatic hydroxyl groups excluding tert-OH is 1. The minimum absolute atomic E-state index is 0.0833. The molecule has 2 amide bonds. The third kappa shape index (κ3) is 3.24. The zero-order valence-corrected chi connectivity index (χ0v) is 10.7. The Hall–Kier alpha value is -2.60. The molecule has 104 valence electrons. The lowest BCUT2D eigenvalue weighted by Crippen LogP contribution is -2.28. The molecule has 2 aromatic rings. The zero-order chi connectivity index (χ0) is 14.5. The summed E-state index contributed by atoms with van der Waals surface area (Å²) in [4.78, 5) is 25.3. The van der Waals surface area contributed by atoms with E-state index in [0.29, 0.717) is 5.56 Å². The van der Waals surface area contributed by atoms with Gasteiger partial charge in [-0.15, -0.1) is 0 Å². The number of aliphatic hydroxyl groups is 1. The first-order chi connectivity index (χ1) is 9.58. The van der Waals surface area contributed by atoms with E-state index >= 15 is 0 Å². The zero-order valence-electron chi connectivity index (χ0n) is 10.7. The van der Waals surface area contributed by atoms with Crippen LogP contribution >= 0.6 is 0 Å². The van der Waals surface area contributed by atoms with Crippen molar-refractivity contribution in [3.05, 3.63) is 59.4 Å². The Labute approximate surface area is 115 Å². The van der Waals surface area contributed by atoms with Gasteiger partial charge in [-0.25, -0.2) is 0 Å². The molecular weight excluding hydrogens is 258 g/mol. The SMILES string of the molecule is NC(=O)c1cc(C(=O)NCC(O)c2ccccc2)c[nH]1. The number of aromatic nitrogens is 1. The molecule has 2 rings (SSSR count). The number of nitrogens with one attached hydrogen (secondary N) is 2. The summed E-state index contributed by atoms with van der Waals surface area (Å²) in [7, 11) is 0. The maximum absolute atomic E-state index is 11.8. The number of carbonyl (C=O) groups excluding carboxylic acids is 2. The van der Waals surface area contributed by atoms with Crippen LogP contribution in [0.2, 0.25) is 0 Å². The molecule has 6 nitrogen and oxygen atoms in total. The van der Waals surface area contributed by atoms with Crippen molar-refractivity contribution in [2.45, 2.75) is 6.10 Å². The van der Waals surface area contributed by atoms with E-state index in [1.54, 1.807) is 12.1 Å². The van der Waals surface area contributed by atoms with Crippen LogP contribution in [0.3, 0.4) is 0 Å². The summed E-state index contributed by atoms with van der Waals surface area (Å²) in [6.07, 6.45) is 0.610. The molecule has 0 radical (unpaired) electrons. The first-order valence-electron chi connectivity index (χ1n) is 6.07. The minimum atomic E-state index is -0.783. The topological polar surface area (TPSA) is 108 Å². The largest absolute Gasteiger partial charge is 0.387 e. The fourth-order valence-electron chi connectivity index (χ4n) is 1.75. The summed E-state index contributed by atoms with van der Waals surface area (Å²) in [5.74, 6) is -1.02. The number of aromatic amines is 1. The summed E-state index contributed by atoms with van der Waals surface area (Å²) in [5.41, 5.74) is 6.26. The van der Waals surface area contributed by atoms with E-state index in [0.717, 1.165) is 5.56 Å². The van der Waals surface area contributed by atoms with Crippen molar-refractivity contribution in [1.82, 2.24) is 10.3 Å². The van der Waals surface area contributed by atoms with Gasteiger partial charge in [0, 0.05) is 12.7 Å². The van der Waals surface area contributed by atoms with Crippen LogP contribution in [-0.2, 0) is 0 Å². The van der Waals surface area contributed by atoms with Gasteiger partial charge >= 0.3 is 0 Å². The third-order valence-electron chi connectivity index (χ3n) is 2.85. The highest BCUT2D eigenvalue weighted by atomic mass is 16.3. The molecule has 5 N–H and O–H groups in total. The number of rotatable bonds is 5. The van der Waals surface area contributed by atoms with E-state index in [1.165, 1.54) is 12.3 Å². The molecule has 0 spiro atoms. The number of carbonyl (C=O) groups is 2. The number of benzene rings is 1. The van der Waals surface area contributed by atoms with Crippen molar-refractivity contribution in [2.24, 2.45) is 5.73 Å². The highest BCUT2D eigenvalue weighted by Gasteiger charge is 2.13. The normalized spacial score (nSPS) is 11.8. The highest BCUT2D eigenvalue weighted by Crippen LogP contribution is 2.11. The molecule has 0 saturated carbocycles. The van der Waals surface area contributed by atoms with E-state index < -0.39 is 12.0 Å². The fraction of sp³-hybridized carbons (Fsp3) is 0.143. The molecular formula is C14H15N3O3. The summed E-state index contributed by atoms with van der Waals surface area (Å²) >= 11 is 0. The van der Waals surface area contributed by atoms with Gasteiger partial charge in [0.25, 0.3) is 11.8 Å².